The van der Waals surface area contributed by atoms with Gasteiger partial charge < -0.3 is 15.1 Å². The summed E-state index contributed by atoms with van der Waals surface area (Å²) in [5.41, 5.74) is 0. The van der Waals surface area contributed by atoms with E-state index >= 15 is 0 Å². The van der Waals surface area contributed by atoms with Crippen LogP contribution >= 0.6 is 0 Å². The maximum absolute atomic E-state index is 11.6. The van der Waals surface area contributed by atoms with Crippen molar-refractivity contribution in [1.29, 1.82) is 0 Å². The van der Waals surface area contributed by atoms with E-state index in [0.717, 1.165) is 57.9 Å². The first-order chi connectivity index (χ1) is 10.3. The summed E-state index contributed by atoms with van der Waals surface area (Å²) >= 11 is 0. The van der Waals surface area contributed by atoms with Gasteiger partial charge in [-0.3, -0.25) is 4.79 Å². The Kier molecular flexibility index (Phi) is 4.70. The van der Waals surface area contributed by atoms with Crippen LogP contribution in [-0.4, -0.2) is 60.0 Å². The zero-order chi connectivity index (χ0) is 14.5. The lowest BCUT2D eigenvalue weighted by Gasteiger charge is -2.21. The fourth-order valence-electron chi connectivity index (χ4n) is 3.20. The normalized spacial score (nSPS) is 23.0. The Balaban J connectivity index is 1.36. The molecular formula is C16H24N4O. The number of carbonyl (C=O) groups excluding carboxylic acids is 1. The van der Waals surface area contributed by atoms with Gasteiger partial charge in [0, 0.05) is 45.3 Å². The van der Waals surface area contributed by atoms with Gasteiger partial charge in [0.25, 0.3) is 0 Å². The lowest BCUT2D eigenvalue weighted by molar-refractivity contribution is -0.127. The van der Waals surface area contributed by atoms with E-state index in [1.807, 2.05) is 29.3 Å². The highest BCUT2D eigenvalue weighted by atomic mass is 16.2. The highest BCUT2D eigenvalue weighted by Crippen LogP contribution is 2.17. The first kappa shape index (κ1) is 14.3. The van der Waals surface area contributed by atoms with Gasteiger partial charge in [-0.15, -0.1) is 0 Å². The van der Waals surface area contributed by atoms with E-state index in [1.54, 1.807) is 0 Å². The summed E-state index contributed by atoms with van der Waals surface area (Å²) in [6.07, 6.45) is 4.83. The number of carbonyl (C=O) groups is 1. The summed E-state index contributed by atoms with van der Waals surface area (Å²) in [6, 6.07) is 5.94. The smallest absolute Gasteiger partial charge is 0.222 e. The topological polar surface area (TPSA) is 48.5 Å². The molecular weight excluding hydrogens is 264 g/mol. The molecule has 2 fully saturated rings. The van der Waals surface area contributed by atoms with Crippen LogP contribution in [0.1, 0.15) is 19.3 Å². The molecule has 1 aromatic rings. The monoisotopic (exact) mass is 288 g/mol. The molecule has 3 rings (SSSR count). The largest absolute Gasteiger partial charge is 0.370 e. The van der Waals surface area contributed by atoms with Gasteiger partial charge in [0.2, 0.25) is 5.91 Å². The van der Waals surface area contributed by atoms with E-state index in [1.165, 1.54) is 6.42 Å². The van der Waals surface area contributed by atoms with Crippen molar-refractivity contribution in [2.24, 2.45) is 5.92 Å². The fraction of sp³-hybridized carbons (Fsp3) is 0.625. The van der Waals surface area contributed by atoms with Crippen LogP contribution in [0.5, 0.6) is 0 Å². The molecule has 0 aromatic carbocycles. The third-order valence-electron chi connectivity index (χ3n) is 4.46. The Labute approximate surface area is 126 Å². The van der Waals surface area contributed by atoms with Crippen LogP contribution in [0.3, 0.4) is 0 Å². The molecule has 21 heavy (non-hydrogen) atoms. The second-order valence-corrected chi connectivity index (χ2v) is 6.04. The molecule has 0 saturated carbocycles. The molecule has 0 radical (unpaired) electrons. The minimum Gasteiger partial charge on any atom is -0.370 e. The first-order valence-corrected chi connectivity index (χ1v) is 7.96. The first-order valence-electron chi connectivity index (χ1n) is 7.96. The molecule has 1 amide bonds. The van der Waals surface area contributed by atoms with Crippen LogP contribution in [0.15, 0.2) is 24.4 Å². The number of nitrogens with zero attached hydrogens (tertiary/aromatic N) is 3. The SMILES string of the molecule is O=C1CCCN1CCN1CC[C@H](CNc2ccccn2)C1. The van der Waals surface area contributed by atoms with Gasteiger partial charge in [-0.05, 0) is 37.4 Å². The van der Waals surface area contributed by atoms with Crippen molar-refractivity contribution in [2.45, 2.75) is 19.3 Å². The molecule has 0 unspecified atom stereocenters. The zero-order valence-electron chi connectivity index (χ0n) is 12.5. The number of anilines is 1. The number of aromatic nitrogens is 1. The molecule has 3 heterocycles. The number of hydrogen-bond donors (Lipinski definition) is 1. The van der Waals surface area contributed by atoms with E-state index in [4.69, 9.17) is 0 Å². The number of hydrogen-bond acceptors (Lipinski definition) is 4. The summed E-state index contributed by atoms with van der Waals surface area (Å²) < 4.78 is 0. The predicted molar refractivity (Wildman–Crippen MR) is 83.1 cm³/mol. The minimum absolute atomic E-state index is 0.336. The summed E-state index contributed by atoms with van der Waals surface area (Å²) in [6.45, 7) is 6.14. The third-order valence-corrected chi connectivity index (χ3v) is 4.46. The highest BCUT2D eigenvalue weighted by molar-refractivity contribution is 5.78. The Morgan fingerprint density at radius 1 is 1.29 bits per heavy atom. The van der Waals surface area contributed by atoms with Gasteiger partial charge in [0.15, 0.2) is 0 Å². The standard InChI is InChI=1S/C16H24N4O/c21-16-5-3-8-20(16)11-10-19-9-6-14(13-19)12-18-15-4-1-2-7-17-15/h1-2,4,7,14H,3,5-6,8-13H2,(H,17,18)/t14-/m1/s1. The molecule has 5 nitrogen and oxygen atoms in total. The van der Waals surface area contributed by atoms with Gasteiger partial charge in [-0.2, -0.15) is 0 Å². The molecule has 1 N–H and O–H groups in total. The number of pyridine rings is 1. The quantitative estimate of drug-likeness (QED) is 0.860. The third kappa shape index (κ3) is 3.94. The second-order valence-electron chi connectivity index (χ2n) is 6.04. The average molecular weight is 288 g/mol. The molecule has 1 aromatic heterocycles. The molecule has 2 aliphatic rings. The van der Waals surface area contributed by atoms with E-state index < -0.39 is 0 Å². The molecule has 0 bridgehead atoms. The Morgan fingerprint density at radius 3 is 3.00 bits per heavy atom. The molecule has 2 aliphatic heterocycles. The van der Waals surface area contributed by atoms with Crippen LogP contribution in [0, 0.1) is 5.92 Å². The molecule has 0 aliphatic carbocycles. The second kappa shape index (κ2) is 6.89. The maximum Gasteiger partial charge on any atom is 0.222 e. The Morgan fingerprint density at radius 2 is 2.24 bits per heavy atom. The maximum atomic E-state index is 11.6. The highest BCUT2D eigenvalue weighted by Gasteiger charge is 2.24. The lowest BCUT2D eigenvalue weighted by atomic mass is 10.1. The van der Waals surface area contributed by atoms with Gasteiger partial charge in [0.1, 0.15) is 5.82 Å². The molecule has 1 atom stereocenters. The Hall–Kier alpha value is -1.62. The van der Waals surface area contributed by atoms with Crippen molar-refractivity contribution in [3.05, 3.63) is 24.4 Å². The van der Waals surface area contributed by atoms with Gasteiger partial charge in [-0.1, -0.05) is 6.07 Å². The minimum atomic E-state index is 0.336. The van der Waals surface area contributed by atoms with E-state index in [-0.39, 0.29) is 0 Å². The van der Waals surface area contributed by atoms with Crippen LogP contribution in [-0.2, 0) is 4.79 Å². The number of amides is 1. The van der Waals surface area contributed by atoms with Gasteiger partial charge in [0.05, 0.1) is 0 Å². The lowest BCUT2D eigenvalue weighted by Crippen LogP contribution is -2.35. The average Bonchev–Trinajstić information content (AvgIpc) is 3.13. The molecule has 2 saturated heterocycles. The van der Waals surface area contributed by atoms with Crippen LogP contribution in [0.25, 0.3) is 0 Å². The van der Waals surface area contributed by atoms with E-state index in [2.05, 4.69) is 15.2 Å². The molecule has 114 valence electrons. The summed E-state index contributed by atoms with van der Waals surface area (Å²) in [7, 11) is 0. The zero-order valence-corrected chi connectivity index (χ0v) is 12.5. The van der Waals surface area contributed by atoms with Crippen LogP contribution in [0.2, 0.25) is 0 Å². The van der Waals surface area contributed by atoms with Crippen LogP contribution < -0.4 is 5.32 Å². The number of likely N-dealkylation sites (tertiary alicyclic amines) is 2. The molecule has 0 spiro atoms. The Bertz CT molecular complexity index is 465. The summed E-state index contributed by atoms with van der Waals surface area (Å²) in [4.78, 5) is 20.4. The summed E-state index contributed by atoms with van der Waals surface area (Å²) in [5.74, 6) is 1.97. The van der Waals surface area contributed by atoms with Crippen molar-refractivity contribution in [3.8, 4) is 0 Å². The van der Waals surface area contributed by atoms with Crippen molar-refractivity contribution in [2.75, 3.05) is 44.6 Å². The summed E-state index contributed by atoms with van der Waals surface area (Å²) in [5, 5.41) is 3.41. The van der Waals surface area contributed by atoms with E-state index in [0.29, 0.717) is 11.8 Å². The molecule has 5 heteroatoms. The van der Waals surface area contributed by atoms with E-state index in [9.17, 15) is 4.79 Å². The van der Waals surface area contributed by atoms with Crippen molar-refractivity contribution in [3.63, 3.8) is 0 Å². The van der Waals surface area contributed by atoms with Crippen LogP contribution in [0.4, 0.5) is 5.82 Å². The van der Waals surface area contributed by atoms with Gasteiger partial charge in [-0.25, -0.2) is 4.98 Å². The van der Waals surface area contributed by atoms with Crippen molar-refractivity contribution >= 4 is 11.7 Å². The van der Waals surface area contributed by atoms with Crippen molar-refractivity contribution < 1.29 is 4.79 Å². The van der Waals surface area contributed by atoms with Crippen molar-refractivity contribution in [1.82, 2.24) is 14.8 Å². The number of rotatable bonds is 6. The fourth-order valence-corrected chi connectivity index (χ4v) is 3.20. The number of nitrogens with one attached hydrogen (secondary N) is 1. The predicted octanol–water partition coefficient (Wildman–Crippen LogP) is 1.44. The van der Waals surface area contributed by atoms with Gasteiger partial charge >= 0.3 is 0 Å².